The van der Waals surface area contributed by atoms with Crippen molar-refractivity contribution in [2.75, 3.05) is 13.2 Å². The lowest BCUT2D eigenvalue weighted by Gasteiger charge is -2.28. The maximum Gasteiger partial charge on any atom is 0.338 e. The van der Waals surface area contributed by atoms with Gasteiger partial charge in [-0.2, -0.15) is 0 Å². The molecule has 0 atom stereocenters. The third kappa shape index (κ3) is 10.1. The van der Waals surface area contributed by atoms with Gasteiger partial charge in [0.25, 0.3) is 0 Å². The van der Waals surface area contributed by atoms with Crippen molar-refractivity contribution in [2.24, 2.45) is 0 Å². The fraction of sp³-hybridized carbons (Fsp3) is 0.700. The summed E-state index contributed by atoms with van der Waals surface area (Å²) in [7, 11) is 0. The van der Waals surface area contributed by atoms with Gasteiger partial charge in [0.2, 0.25) is 0 Å². The van der Waals surface area contributed by atoms with E-state index in [1.54, 1.807) is 20.0 Å². The van der Waals surface area contributed by atoms with Crippen LogP contribution < -0.4 is 4.74 Å². The molecule has 148 valence electrons. The summed E-state index contributed by atoms with van der Waals surface area (Å²) in [5, 5.41) is 0. The van der Waals surface area contributed by atoms with E-state index in [9.17, 15) is 4.79 Å². The summed E-state index contributed by atoms with van der Waals surface area (Å²) in [6, 6.07) is 3.77. The molecule has 1 rings (SSSR count). The molecule has 1 heterocycles. The van der Waals surface area contributed by atoms with E-state index in [1.807, 2.05) is 32.9 Å². The first-order valence-corrected chi connectivity index (χ1v) is 10.0. The summed E-state index contributed by atoms with van der Waals surface area (Å²) in [5.74, 6) is 0.482. The highest BCUT2D eigenvalue weighted by atomic mass is 79.9. The highest BCUT2D eigenvalue weighted by molar-refractivity contribution is 9.10. The Morgan fingerprint density at radius 2 is 1.62 bits per heavy atom. The molecule has 1 aromatic heterocycles. The van der Waals surface area contributed by atoms with Crippen LogP contribution in [0.15, 0.2) is 22.9 Å². The summed E-state index contributed by atoms with van der Waals surface area (Å²) in [6.07, 6.45) is 6.97. The zero-order valence-electron chi connectivity index (χ0n) is 16.6. The molecule has 0 spiro atoms. The molecule has 0 amide bonds. The molecule has 0 N–H and O–H groups in total. The lowest BCUT2D eigenvalue weighted by atomic mass is 10.1. The number of rotatable bonds is 11. The maximum atomic E-state index is 12.1. The van der Waals surface area contributed by atoms with Gasteiger partial charge in [0.1, 0.15) is 16.0 Å². The quantitative estimate of drug-likeness (QED) is 0.271. The van der Waals surface area contributed by atoms with Gasteiger partial charge >= 0.3 is 5.97 Å². The Labute approximate surface area is 165 Å². The molecule has 0 aromatic carbocycles. The minimum Gasteiger partial charge on any atom is -0.492 e. The smallest absolute Gasteiger partial charge is 0.338 e. The fourth-order valence-corrected chi connectivity index (χ4v) is 2.39. The number of esters is 1. The van der Waals surface area contributed by atoms with Crippen molar-refractivity contribution in [3.63, 3.8) is 0 Å². The number of aromatic nitrogens is 1. The number of pyridine rings is 1. The second-order valence-corrected chi connectivity index (χ2v) is 8.61. The van der Waals surface area contributed by atoms with Crippen LogP contribution in [-0.4, -0.2) is 35.4 Å². The van der Waals surface area contributed by atoms with E-state index in [0.29, 0.717) is 13.2 Å². The van der Waals surface area contributed by atoms with Crippen LogP contribution in [0.3, 0.4) is 0 Å². The summed E-state index contributed by atoms with van der Waals surface area (Å²) in [6.45, 7) is 10.4. The molecule has 0 aliphatic rings. The third-order valence-corrected chi connectivity index (χ3v) is 4.08. The highest BCUT2D eigenvalue weighted by Gasteiger charge is 2.33. The van der Waals surface area contributed by atoms with Gasteiger partial charge in [-0.25, -0.2) is 9.78 Å². The zero-order chi connectivity index (χ0) is 19.6. The highest BCUT2D eigenvalue weighted by Crippen LogP contribution is 2.18. The summed E-state index contributed by atoms with van der Waals surface area (Å²) < 4.78 is 17.6. The topological polar surface area (TPSA) is 57.7 Å². The second kappa shape index (κ2) is 10.9. The van der Waals surface area contributed by atoms with Crippen LogP contribution in [0.2, 0.25) is 0 Å². The molecule has 1 aromatic rings. The van der Waals surface area contributed by atoms with E-state index in [2.05, 4.69) is 20.9 Å². The molecule has 0 aliphatic heterocycles. The van der Waals surface area contributed by atoms with E-state index in [4.69, 9.17) is 14.2 Å². The van der Waals surface area contributed by atoms with Gasteiger partial charge in [-0.1, -0.05) is 19.3 Å². The van der Waals surface area contributed by atoms with Gasteiger partial charge in [0.15, 0.2) is 5.60 Å². The van der Waals surface area contributed by atoms with Crippen LogP contribution in [-0.2, 0) is 14.3 Å². The van der Waals surface area contributed by atoms with E-state index in [-0.39, 0.29) is 5.97 Å². The number of ether oxygens (including phenoxy) is 3. The molecular formula is C20H32BrNO4. The summed E-state index contributed by atoms with van der Waals surface area (Å²) in [4.78, 5) is 16.2. The summed E-state index contributed by atoms with van der Waals surface area (Å²) >= 11 is 3.30. The van der Waals surface area contributed by atoms with Crippen molar-refractivity contribution in [3.8, 4) is 5.75 Å². The normalized spacial score (nSPS) is 12.1. The Morgan fingerprint density at radius 3 is 2.19 bits per heavy atom. The number of hydrogen-bond acceptors (Lipinski definition) is 5. The lowest BCUT2D eigenvalue weighted by molar-refractivity contribution is -0.179. The van der Waals surface area contributed by atoms with Crippen LogP contribution in [0.5, 0.6) is 5.75 Å². The lowest BCUT2D eigenvalue weighted by Crippen LogP contribution is -2.41. The van der Waals surface area contributed by atoms with Gasteiger partial charge in [0, 0.05) is 6.61 Å². The Hall–Kier alpha value is -1.14. The first-order chi connectivity index (χ1) is 12.1. The van der Waals surface area contributed by atoms with E-state index >= 15 is 0 Å². The Balaban J connectivity index is 2.04. The van der Waals surface area contributed by atoms with E-state index in [0.717, 1.165) is 42.5 Å². The molecule has 5 nitrogen and oxygen atoms in total. The largest absolute Gasteiger partial charge is 0.492 e. The molecule has 0 unspecified atom stereocenters. The van der Waals surface area contributed by atoms with Gasteiger partial charge in [-0.3, -0.25) is 0 Å². The van der Waals surface area contributed by atoms with Crippen molar-refractivity contribution < 1.29 is 19.0 Å². The number of halogens is 1. The molecule has 0 radical (unpaired) electrons. The number of nitrogens with zero attached hydrogens (tertiary/aromatic N) is 1. The van der Waals surface area contributed by atoms with Crippen LogP contribution in [0.1, 0.15) is 66.7 Å². The van der Waals surface area contributed by atoms with Crippen LogP contribution in [0.4, 0.5) is 0 Å². The van der Waals surface area contributed by atoms with Gasteiger partial charge in [0.05, 0.1) is 12.8 Å². The van der Waals surface area contributed by atoms with E-state index < -0.39 is 11.2 Å². The van der Waals surface area contributed by atoms with Gasteiger partial charge < -0.3 is 14.2 Å². The summed E-state index contributed by atoms with van der Waals surface area (Å²) in [5.41, 5.74) is -1.40. The van der Waals surface area contributed by atoms with Crippen LogP contribution >= 0.6 is 15.9 Å². The Kier molecular flexibility index (Phi) is 9.58. The van der Waals surface area contributed by atoms with Gasteiger partial charge in [-0.05, 0) is 75.5 Å². The average molecular weight is 430 g/mol. The molecule has 6 heteroatoms. The predicted molar refractivity (Wildman–Crippen MR) is 106 cm³/mol. The second-order valence-electron chi connectivity index (χ2n) is 7.79. The molecule has 0 saturated carbocycles. The monoisotopic (exact) mass is 429 g/mol. The Bertz CT molecular complexity index is 538. The van der Waals surface area contributed by atoms with Crippen molar-refractivity contribution in [2.45, 2.75) is 77.9 Å². The van der Waals surface area contributed by atoms with Crippen molar-refractivity contribution in [3.05, 3.63) is 22.9 Å². The molecule has 0 saturated heterocycles. The van der Waals surface area contributed by atoms with Crippen LogP contribution in [0.25, 0.3) is 0 Å². The fourth-order valence-electron chi connectivity index (χ4n) is 2.16. The minimum atomic E-state index is -0.903. The first kappa shape index (κ1) is 22.9. The maximum absolute atomic E-state index is 12.1. The van der Waals surface area contributed by atoms with Crippen molar-refractivity contribution in [1.82, 2.24) is 4.98 Å². The van der Waals surface area contributed by atoms with Crippen LogP contribution in [0, 0.1) is 0 Å². The molecule has 0 bridgehead atoms. The minimum absolute atomic E-state index is 0.315. The number of unbranched alkanes of at least 4 members (excludes halogenated alkanes) is 4. The number of carbonyl (C=O) groups excluding carboxylic acids is 1. The molecule has 0 aliphatic carbocycles. The van der Waals surface area contributed by atoms with E-state index in [1.165, 1.54) is 0 Å². The van der Waals surface area contributed by atoms with Crippen molar-refractivity contribution >= 4 is 21.9 Å². The first-order valence-electron chi connectivity index (χ1n) is 9.22. The zero-order valence-corrected chi connectivity index (χ0v) is 18.2. The third-order valence-electron chi connectivity index (χ3n) is 3.61. The van der Waals surface area contributed by atoms with Crippen molar-refractivity contribution in [1.29, 1.82) is 0 Å². The predicted octanol–water partition coefficient (Wildman–Crippen LogP) is 5.31. The average Bonchev–Trinajstić information content (AvgIpc) is 2.53. The standard InChI is InChI=1S/C20H32BrNO4/c1-19(2,3)26-18(23)20(4,5)25-14-10-8-6-7-9-13-24-16-11-12-17(21)22-15-16/h11-12,15H,6-10,13-14H2,1-5H3. The van der Waals surface area contributed by atoms with Gasteiger partial charge in [-0.15, -0.1) is 0 Å². The SMILES string of the molecule is CC(C)(C)OC(=O)C(C)(C)OCCCCCCCOc1ccc(Br)nc1. The number of carbonyl (C=O) groups is 1. The molecule has 26 heavy (non-hydrogen) atoms. The number of hydrogen-bond donors (Lipinski definition) is 0. The molecule has 0 fully saturated rings. The Morgan fingerprint density at radius 1 is 1.00 bits per heavy atom. The molecular weight excluding hydrogens is 398 g/mol.